The van der Waals surface area contributed by atoms with Gasteiger partial charge in [0.2, 0.25) is 11.8 Å². The Kier molecular flexibility index (Phi) is 8.53. The average Bonchev–Trinajstić information content (AvgIpc) is 3.35. The molecule has 2 N–H and O–H groups in total. The Morgan fingerprint density at radius 1 is 1.03 bits per heavy atom. The van der Waals surface area contributed by atoms with E-state index in [1.54, 1.807) is 31.4 Å². The van der Waals surface area contributed by atoms with E-state index in [1.165, 1.54) is 0 Å². The number of likely N-dealkylation sites (tertiary alicyclic amines) is 1. The molecule has 2 aliphatic rings. The van der Waals surface area contributed by atoms with E-state index in [9.17, 15) is 14.4 Å². The highest BCUT2D eigenvalue weighted by molar-refractivity contribution is 5.97. The van der Waals surface area contributed by atoms with E-state index in [0.29, 0.717) is 49.7 Å². The molecule has 1 heterocycles. The van der Waals surface area contributed by atoms with Gasteiger partial charge in [0.05, 0.1) is 7.11 Å². The number of carbonyl (C=O) groups is 3. The molecule has 0 spiro atoms. The molecule has 1 saturated heterocycles. The quantitative estimate of drug-likeness (QED) is 0.647. The van der Waals surface area contributed by atoms with Gasteiger partial charge in [-0.25, -0.2) is 0 Å². The molecule has 3 amide bonds. The van der Waals surface area contributed by atoms with Gasteiger partial charge in [0.1, 0.15) is 11.8 Å². The molecule has 3 rings (SSSR count). The summed E-state index contributed by atoms with van der Waals surface area (Å²) in [6.45, 7) is 5.93. The lowest BCUT2D eigenvalue weighted by Crippen LogP contribution is -2.54. The van der Waals surface area contributed by atoms with Crippen molar-refractivity contribution in [1.29, 1.82) is 0 Å². The zero-order valence-electron chi connectivity index (χ0n) is 19.6. The van der Waals surface area contributed by atoms with E-state index in [0.717, 1.165) is 25.7 Å². The lowest BCUT2D eigenvalue weighted by atomic mass is 9.87. The third kappa shape index (κ3) is 6.24. The van der Waals surface area contributed by atoms with E-state index in [2.05, 4.69) is 10.6 Å². The molecule has 2 fully saturated rings. The van der Waals surface area contributed by atoms with Crippen LogP contribution in [0.15, 0.2) is 24.3 Å². The standard InChI is InChI=1S/C25H37N3O4/c1-17(2)16-26-24(30)22(27-23(29)19-8-10-21(32-3)11-9-19)18-12-14-28(15-13-18)25(31)20-6-4-5-7-20/h8-11,17-18,20,22H,4-7,12-16H2,1-3H3,(H,26,30)(H,27,29)/t22-/m1/s1. The van der Waals surface area contributed by atoms with Crippen molar-refractivity contribution in [3.63, 3.8) is 0 Å². The normalized spacial score (nSPS) is 18.4. The summed E-state index contributed by atoms with van der Waals surface area (Å²) in [6.07, 6.45) is 5.70. The lowest BCUT2D eigenvalue weighted by molar-refractivity contribution is -0.137. The SMILES string of the molecule is COc1ccc(C(=O)N[C@@H](C(=O)NCC(C)C)C2CCN(C(=O)C3CCCC3)CC2)cc1. The molecule has 1 aromatic rings. The van der Waals surface area contributed by atoms with Crippen molar-refractivity contribution < 1.29 is 19.1 Å². The second-order valence-electron chi connectivity index (χ2n) is 9.46. The van der Waals surface area contributed by atoms with Crippen LogP contribution in [0.5, 0.6) is 5.75 Å². The number of methoxy groups -OCH3 is 1. The van der Waals surface area contributed by atoms with Crippen molar-refractivity contribution in [2.24, 2.45) is 17.8 Å². The van der Waals surface area contributed by atoms with Crippen LogP contribution in [-0.4, -0.2) is 55.4 Å². The van der Waals surface area contributed by atoms with Gasteiger partial charge in [0.15, 0.2) is 0 Å². The summed E-state index contributed by atoms with van der Waals surface area (Å²) in [7, 11) is 1.58. The first-order chi connectivity index (χ1) is 15.4. The molecule has 0 radical (unpaired) electrons. The van der Waals surface area contributed by atoms with Crippen LogP contribution in [0.1, 0.15) is 62.7 Å². The minimum absolute atomic E-state index is 0.00279. The van der Waals surface area contributed by atoms with Gasteiger partial charge >= 0.3 is 0 Å². The molecule has 1 aromatic carbocycles. The molecule has 176 valence electrons. The zero-order valence-corrected chi connectivity index (χ0v) is 19.6. The number of amides is 3. The van der Waals surface area contributed by atoms with Gasteiger partial charge < -0.3 is 20.3 Å². The van der Waals surface area contributed by atoms with Crippen molar-refractivity contribution in [3.05, 3.63) is 29.8 Å². The topological polar surface area (TPSA) is 87.7 Å². The predicted octanol–water partition coefficient (Wildman–Crippen LogP) is 2.99. The Bertz CT molecular complexity index is 779. The van der Waals surface area contributed by atoms with Crippen molar-refractivity contribution in [2.45, 2.75) is 58.4 Å². The number of rotatable bonds is 8. The first-order valence-electron chi connectivity index (χ1n) is 11.9. The fraction of sp³-hybridized carbons (Fsp3) is 0.640. The molecule has 1 saturated carbocycles. The van der Waals surface area contributed by atoms with E-state index >= 15 is 0 Å². The van der Waals surface area contributed by atoms with Crippen LogP contribution in [0.3, 0.4) is 0 Å². The van der Waals surface area contributed by atoms with Crippen LogP contribution < -0.4 is 15.4 Å². The lowest BCUT2D eigenvalue weighted by Gasteiger charge is -2.37. The largest absolute Gasteiger partial charge is 0.497 e. The number of nitrogens with zero attached hydrogens (tertiary/aromatic N) is 1. The molecule has 0 aromatic heterocycles. The molecule has 7 nitrogen and oxygen atoms in total. The highest BCUT2D eigenvalue weighted by Crippen LogP contribution is 2.29. The zero-order chi connectivity index (χ0) is 23.1. The number of hydrogen-bond acceptors (Lipinski definition) is 4. The molecular weight excluding hydrogens is 406 g/mol. The number of ether oxygens (including phenoxy) is 1. The maximum Gasteiger partial charge on any atom is 0.251 e. The minimum atomic E-state index is -0.618. The second kappa shape index (κ2) is 11.3. The summed E-state index contributed by atoms with van der Waals surface area (Å²) in [4.78, 5) is 40.6. The smallest absolute Gasteiger partial charge is 0.251 e. The molecular formula is C25H37N3O4. The summed E-state index contributed by atoms with van der Waals surface area (Å²) >= 11 is 0. The van der Waals surface area contributed by atoms with E-state index in [-0.39, 0.29) is 29.6 Å². The van der Waals surface area contributed by atoms with Crippen molar-refractivity contribution in [2.75, 3.05) is 26.7 Å². The van der Waals surface area contributed by atoms with Crippen LogP contribution in [0.25, 0.3) is 0 Å². The maximum atomic E-state index is 13.0. The highest BCUT2D eigenvalue weighted by atomic mass is 16.5. The summed E-state index contributed by atoms with van der Waals surface area (Å²) in [5, 5.41) is 5.95. The Morgan fingerprint density at radius 2 is 1.66 bits per heavy atom. The monoisotopic (exact) mass is 443 g/mol. The summed E-state index contributed by atoms with van der Waals surface area (Å²) in [6, 6.07) is 6.23. The first-order valence-corrected chi connectivity index (χ1v) is 11.9. The van der Waals surface area contributed by atoms with Gasteiger partial charge in [-0.1, -0.05) is 26.7 Å². The second-order valence-corrected chi connectivity index (χ2v) is 9.46. The Balaban J connectivity index is 1.65. The summed E-state index contributed by atoms with van der Waals surface area (Å²) in [5.41, 5.74) is 0.487. The van der Waals surface area contributed by atoms with Crippen molar-refractivity contribution in [3.8, 4) is 5.75 Å². The average molecular weight is 444 g/mol. The van der Waals surface area contributed by atoms with Crippen LogP contribution >= 0.6 is 0 Å². The highest BCUT2D eigenvalue weighted by Gasteiger charge is 2.35. The first kappa shape index (κ1) is 24.1. The third-order valence-corrected chi connectivity index (χ3v) is 6.63. The van der Waals surface area contributed by atoms with E-state index in [4.69, 9.17) is 4.74 Å². The molecule has 0 unspecified atom stereocenters. The molecule has 7 heteroatoms. The fourth-order valence-corrected chi connectivity index (χ4v) is 4.66. The van der Waals surface area contributed by atoms with Gasteiger partial charge in [-0.3, -0.25) is 14.4 Å². The molecule has 32 heavy (non-hydrogen) atoms. The van der Waals surface area contributed by atoms with E-state index < -0.39 is 6.04 Å². The van der Waals surface area contributed by atoms with Gasteiger partial charge in [0.25, 0.3) is 5.91 Å². The molecule has 1 atom stereocenters. The fourth-order valence-electron chi connectivity index (χ4n) is 4.66. The number of nitrogens with one attached hydrogen (secondary N) is 2. The predicted molar refractivity (Wildman–Crippen MR) is 123 cm³/mol. The van der Waals surface area contributed by atoms with E-state index in [1.807, 2.05) is 18.7 Å². The summed E-state index contributed by atoms with van der Waals surface area (Å²) < 4.78 is 5.16. The van der Waals surface area contributed by atoms with Crippen molar-refractivity contribution >= 4 is 17.7 Å². The molecule has 1 aliphatic carbocycles. The van der Waals surface area contributed by atoms with Crippen molar-refractivity contribution in [1.82, 2.24) is 15.5 Å². The minimum Gasteiger partial charge on any atom is -0.497 e. The van der Waals surface area contributed by atoms with Crippen LogP contribution in [-0.2, 0) is 9.59 Å². The number of piperidine rings is 1. The van der Waals surface area contributed by atoms with Crippen LogP contribution in [0.2, 0.25) is 0 Å². The summed E-state index contributed by atoms with van der Waals surface area (Å²) in [5.74, 6) is 1.00. The van der Waals surface area contributed by atoms with Crippen LogP contribution in [0.4, 0.5) is 0 Å². The molecule has 1 aliphatic heterocycles. The molecule has 0 bridgehead atoms. The number of hydrogen-bond donors (Lipinski definition) is 2. The van der Waals surface area contributed by atoms with Gasteiger partial charge in [-0.05, 0) is 61.8 Å². The Labute approximate surface area is 191 Å². The van der Waals surface area contributed by atoms with Gasteiger partial charge in [-0.15, -0.1) is 0 Å². The van der Waals surface area contributed by atoms with Crippen LogP contribution in [0, 0.1) is 17.8 Å². The van der Waals surface area contributed by atoms with Gasteiger partial charge in [0, 0.05) is 31.1 Å². The Hall–Kier alpha value is -2.57. The third-order valence-electron chi connectivity index (χ3n) is 6.63. The van der Waals surface area contributed by atoms with Gasteiger partial charge in [-0.2, -0.15) is 0 Å². The number of benzene rings is 1. The number of carbonyl (C=O) groups excluding carboxylic acids is 3. The maximum absolute atomic E-state index is 13.0. The Morgan fingerprint density at radius 3 is 2.22 bits per heavy atom.